The minimum atomic E-state index is -0.206. The maximum Gasteiger partial charge on any atom is 0.127 e. The van der Waals surface area contributed by atoms with E-state index >= 15 is 0 Å². The standard InChI is InChI=1S/C12H14FN/c1-4-5-11-7-6-10(8-12(11)13)9-14(2)3/h1,6-8H,5,9H2,2-3H3. The maximum absolute atomic E-state index is 13.4. The van der Waals surface area contributed by atoms with E-state index in [1.807, 2.05) is 25.1 Å². The number of halogens is 1. The third-order valence-corrected chi connectivity index (χ3v) is 1.91. The number of hydrogen-bond donors (Lipinski definition) is 0. The highest BCUT2D eigenvalue weighted by Gasteiger charge is 2.02. The van der Waals surface area contributed by atoms with Gasteiger partial charge in [0.1, 0.15) is 5.82 Å². The van der Waals surface area contributed by atoms with Crippen LogP contribution in [0.4, 0.5) is 4.39 Å². The molecule has 0 aliphatic heterocycles. The van der Waals surface area contributed by atoms with Gasteiger partial charge in [0, 0.05) is 13.0 Å². The van der Waals surface area contributed by atoms with E-state index < -0.39 is 0 Å². The van der Waals surface area contributed by atoms with Gasteiger partial charge >= 0.3 is 0 Å². The van der Waals surface area contributed by atoms with E-state index in [0.717, 1.165) is 12.1 Å². The van der Waals surface area contributed by atoms with E-state index in [2.05, 4.69) is 5.92 Å². The maximum atomic E-state index is 13.4. The Morgan fingerprint density at radius 1 is 1.43 bits per heavy atom. The first kappa shape index (κ1) is 10.7. The minimum Gasteiger partial charge on any atom is -0.305 e. The molecule has 0 N–H and O–H groups in total. The minimum absolute atomic E-state index is 0.206. The second kappa shape index (κ2) is 4.78. The van der Waals surface area contributed by atoms with Crippen LogP contribution >= 0.6 is 0 Å². The third-order valence-electron chi connectivity index (χ3n) is 1.91. The van der Waals surface area contributed by atoms with Gasteiger partial charge in [-0.15, -0.1) is 12.3 Å². The lowest BCUT2D eigenvalue weighted by atomic mass is 10.1. The molecule has 14 heavy (non-hydrogen) atoms. The van der Waals surface area contributed by atoms with Crippen LogP contribution < -0.4 is 0 Å². The van der Waals surface area contributed by atoms with Gasteiger partial charge in [0.25, 0.3) is 0 Å². The molecule has 0 aliphatic carbocycles. The normalized spacial score (nSPS) is 10.2. The van der Waals surface area contributed by atoms with Crippen molar-refractivity contribution in [1.82, 2.24) is 4.90 Å². The van der Waals surface area contributed by atoms with Gasteiger partial charge < -0.3 is 4.90 Å². The first-order valence-corrected chi connectivity index (χ1v) is 4.49. The zero-order valence-corrected chi connectivity index (χ0v) is 8.55. The number of nitrogens with zero attached hydrogens (tertiary/aromatic N) is 1. The third kappa shape index (κ3) is 2.86. The molecular weight excluding hydrogens is 177 g/mol. The lowest BCUT2D eigenvalue weighted by Gasteiger charge is -2.10. The Morgan fingerprint density at radius 3 is 2.64 bits per heavy atom. The van der Waals surface area contributed by atoms with Gasteiger partial charge in [-0.1, -0.05) is 12.1 Å². The van der Waals surface area contributed by atoms with Crippen LogP contribution in [0.25, 0.3) is 0 Å². The van der Waals surface area contributed by atoms with Crippen molar-refractivity contribution in [3.8, 4) is 12.3 Å². The highest BCUT2D eigenvalue weighted by atomic mass is 19.1. The second-order valence-corrected chi connectivity index (χ2v) is 3.54. The summed E-state index contributed by atoms with van der Waals surface area (Å²) in [5.74, 6) is 2.23. The number of benzene rings is 1. The van der Waals surface area contributed by atoms with Crippen LogP contribution in [0.5, 0.6) is 0 Å². The van der Waals surface area contributed by atoms with Crippen molar-refractivity contribution < 1.29 is 4.39 Å². The highest BCUT2D eigenvalue weighted by Crippen LogP contribution is 2.11. The zero-order valence-electron chi connectivity index (χ0n) is 8.55. The Morgan fingerprint density at radius 2 is 2.14 bits per heavy atom. The summed E-state index contributed by atoms with van der Waals surface area (Å²) in [6.07, 6.45) is 5.48. The van der Waals surface area contributed by atoms with Crippen LogP contribution in [-0.4, -0.2) is 19.0 Å². The number of terminal acetylenes is 1. The Bertz CT molecular complexity index is 350. The average molecular weight is 191 g/mol. The first-order valence-electron chi connectivity index (χ1n) is 4.49. The monoisotopic (exact) mass is 191 g/mol. The fraction of sp³-hybridized carbons (Fsp3) is 0.333. The van der Waals surface area contributed by atoms with E-state index in [1.54, 1.807) is 12.1 Å². The van der Waals surface area contributed by atoms with Crippen molar-refractivity contribution in [2.24, 2.45) is 0 Å². The van der Waals surface area contributed by atoms with E-state index in [4.69, 9.17) is 6.42 Å². The molecule has 1 nitrogen and oxygen atoms in total. The van der Waals surface area contributed by atoms with E-state index in [-0.39, 0.29) is 5.82 Å². The molecule has 2 heteroatoms. The predicted octanol–water partition coefficient (Wildman–Crippen LogP) is 2.06. The van der Waals surface area contributed by atoms with Crippen LogP contribution in [0.1, 0.15) is 11.1 Å². The van der Waals surface area contributed by atoms with Gasteiger partial charge in [-0.05, 0) is 31.3 Å². The van der Waals surface area contributed by atoms with Gasteiger partial charge in [0.2, 0.25) is 0 Å². The van der Waals surface area contributed by atoms with Gasteiger partial charge in [0.05, 0.1) is 0 Å². The van der Waals surface area contributed by atoms with Gasteiger partial charge in [-0.25, -0.2) is 4.39 Å². The fourth-order valence-electron chi connectivity index (χ4n) is 1.31. The van der Waals surface area contributed by atoms with E-state index in [1.165, 1.54) is 0 Å². The van der Waals surface area contributed by atoms with E-state index in [0.29, 0.717) is 12.0 Å². The lowest BCUT2D eigenvalue weighted by Crippen LogP contribution is -2.10. The van der Waals surface area contributed by atoms with Crippen molar-refractivity contribution in [2.75, 3.05) is 14.1 Å². The van der Waals surface area contributed by atoms with E-state index in [9.17, 15) is 4.39 Å². The number of rotatable bonds is 3. The molecule has 0 spiro atoms. The molecule has 74 valence electrons. The Hall–Kier alpha value is -1.33. The molecule has 1 rings (SSSR count). The first-order chi connectivity index (χ1) is 6.63. The summed E-state index contributed by atoms with van der Waals surface area (Å²) in [6, 6.07) is 5.22. The molecule has 0 atom stereocenters. The van der Waals surface area contributed by atoms with Crippen LogP contribution in [0.3, 0.4) is 0 Å². The summed E-state index contributed by atoms with van der Waals surface area (Å²) >= 11 is 0. The Kier molecular flexibility index (Phi) is 3.67. The molecule has 0 fully saturated rings. The summed E-state index contributed by atoms with van der Waals surface area (Å²) < 4.78 is 13.4. The Balaban J connectivity index is 2.84. The van der Waals surface area contributed by atoms with Crippen molar-refractivity contribution in [3.63, 3.8) is 0 Å². The summed E-state index contributed by atoms with van der Waals surface area (Å²) in [6.45, 7) is 0.743. The van der Waals surface area contributed by atoms with Gasteiger partial charge in [-0.2, -0.15) is 0 Å². The SMILES string of the molecule is C#CCc1ccc(CN(C)C)cc1F. The van der Waals surface area contributed by atoms with Crippen LogP contribution in [0.15, 0.2) is 18.2 Å². The molecule has 0 radical (unpaired) electrons. The van der Waals surface area contributed by atoms with Crippen molar-refractivity contribution >= 4 is 0 Å². The molecule has 0 aromatic heterocycles. The van der Waals surface area contributed by atoms with Gasteiger partial charge in [-0.3, -0.25) is 0 Å². The quantitative estimate of drug-likeness (QED) is 0.661. The topological polar surface area (TPSA) is 3.24 Å². The molecule has 0 saturated heterocycles. The van der Waals surface area contributed by atoms with Crippen molar-refractivity contribution in [3.05, 3.63) is 35.1 Å². The number of hydrogen-bond acceptors (Lipinski definition) is 1. The summed E-state index contributed by atoms with van der Waals surface area (Å²) in [5.41, 5.74) is 1.56. The largest absolute Gasteiger partial charge is 0.305 e. The van der Waals surface area contributed by atoms with Crippen molar-refractivity contribution in [2.45, 2.75) is 13.0 Å². The smallest absolute Gasteiger partial charge is 0.127 e. The van der Waals surface area contributed by atoms with Crippen molar-refractivity contribution in [1.29, 1.82) is 0 Å². The molecule has 1 aromatic carbocycles. The zero-order chi connectivity index (χ0) is 10.6. The molecule has 0 unspecified atom stereocenters. The highest BCUT2D eigenvalue weighted by molar-refractivity contribution is 5.26. The Labute approximate surface area is 84.5 Å². The molecule has 0 heterocycles. The summed E-state index contributed by atoms with van der Waals surface area (Å²) in [5, 5.41) is 0. The van der Waals surface area contributed by atoms with Crippen LogP contribution in [-0.2, 0) is 13.0 Å². The second-order valence-electron chi connectivity index (χ2n) is 3.54. The van der Waals surface area contributed by atoms with Crippen LogP contribution in [0.2, 0.25) is 0 Å². The fourth-order valence-corrected chi connectivity index (χ4v) is 1.31. The van der Waals surface area contributed by atoms with Gasteiger partial charge in [0.15, 0.2) is 0 Å². The lowest BCUT2D eigenvalue weighted by molar-refractivity contribution is 0.401. The summed E-state index contributed by atoms with van der Waals surface area (Å²) in [7, 11) is 3.90. The molecule has 0 aliphatic rings. The van der Waals surface area contributed by atoms with Crippen LogP contribution in [0, 0.1) is 18.2 Å². The summed E-state index contributed by atoms with van der Waals surface area (Å²) in [4.78, 5) is 2.00. The molecule has 0 saturated carbocycles. The molecular formula is C12H14FN. The molecule has 0 bridgehead atoms. The molecule has 0 amide bonds. The average Bonchev–Trinajstić information content (AvgIpc) is 2.09. The predicted molar refractivity (Wildman–Crippen MR) is 56.3 cm³/mol. The molecule has 1 aromatic rings.